The molecular weight excluding hydrogens is 225 g/mol. The lowest BCUT2D eigenvalue weighted by molar-refractivity contribution is 0.491. The summed E-state index contributed by atoms with van der Waals surface area (Å²) in [7, 11) is 0. The first-order chi connectivity index (χ1) is 8.34. The summed E-state index contributed by atoms with van der Waals surface area (Å²) in [5, 5.41) is 3.52. The zero-order valence-corrected chi connectivity index (χ0v) is 12.0. The number of aryl methyl sites for hydroxylation is 1. The first kappa shape index (κ1) is 13.5. The van der Waals surface area contributed by atoms with E-state index in [2.05, 4.69) is 33.0 Å². The van der Waals surface area contributed by atoms with E-state index in [-0.39, 0.29) is 5.82 Å². The Bertz CT molecular complexity index is 437. The van der Waals surface area contributed by atoms with Gasteiger partial charge < -0.3 is 5.32 Å². The lowest BCUT2D eigenvalue weighted by atomic mass is 9.99. The summed E-state index contributed by atoms with van der Waals surface area (Å²) in [4.78, 5) is 0. The number of hydrogen-bond donors (Lipinski definition) is 1. The van der Waals surface area contributed by atoms with Gasteiger partial charge in [-0.2, -0.15) is 0 Å². The molecule has 1 saturated carbocycles. The Morgan fingerprint density at radius 2 is 2.00 bits per heavy atom. The van der Waals surface area contributed by atoms with Gasteiger partial charge in [-0.15, -0.1) is 0 Å². The third-order valence-corrected chi connectivity index (χ3v) is 4.36. The molecule has 1 aromatic carbocycles. The van der Waals surface area contributed by atoms with Crippen molar-refractivity contribution in [2.24, 2.45) is 11.3 Å². The fraction of sp³-hybridized carbons (Fsp3) is 0.625. The molecule has 1 aliphatic rings. The Kier molecular flexibility index (Phi) is 3.50. The molecule has 1 aromatic rings. The summed E-state index contributed by atoms with van der Waals surface area (Å²) in [6, 6.07) is 5.73. The first-order valence-corrected chi connectivity index (χ1v) is 6.83. The second-order valence-electron chi connectivity index (χ2n) is 6.47. The minimum absolute atomic E-state index is 0.133. The summed E-state index contributed by atoms with van der Waals surface area (Å²) >= 11 is 0. The highest BCUT2D eigenvalue weighted by Crippen LogP contribution is 2.64. The van der Waals surface area contributed by atoms with E-state index in [1.807, 2.05) is 13.0 Å². The van der Waals surface area contributed by atoms with Crippen LogP contribution >= 0.6 is 0 Å². The number of nitrogens with one attached hydrogen (secondary N) is 1. The molecule has 2 atom stereocenters. The van der Waals surface area contributed by atoms with Crippen LogP contribution in [-0.2, 0) is 0 Å². The molecule has 0 radical (unpaired) electrons. The van der Waals surface area contributed by atoms with Crippen molar-refractivity contribution >= 4 is 0 Å². The maximum Gasteiger partial charge on any atom is 0.123 e. The van der Waals surface area contributed by atoms with Crippen molar-refractivity contribution in [3.63, 3.8) is 0 Å². The molecule has 1 aliphatic carbocycles. The molecule has 0 aromatic heterocycles. The quantitative estimate of drug-likeness (QED) is 0.854. The highest BCUT2D eigenvalue weighted by atomic mass is 19.1. The van der Waals surface area contributed by atoms with Crippen molar-refractivity contribution in [2.75, 3.05) is 6.54 Å². The summed E-state index contributed by atoms with van der Waals surface area (Å²) in [6.45, 7) is 12.0. The minimum atomic E-state index is -0.133. The third kappa shape index (κ3) is 2.44. The normalized spacial score (nSPS) is 25.5. The Balaban J connectivity index is 2.14. The van der Waals surface area contributed by atoms with E-state index in [1.165, 1.54) is 5.56 Å². The second-order valence-corrected chi connectivity index (χ2v) is 6.47. The van der Waals surface area contributed by atoms with Gasteiger partial charge in [0.05, 0.1) is 0 Å². The second kappa shape index (κ2) is 4.65. The fourth-order valence-corrected chi connectivity index (χ4v) is 3.09. The molecule has 100 valence electrons. The van der Waals surface area contributed by atoms with Crippen LogP contribution in [-0.4, -0.2) is 12.6 Å². The topological polar surface area (TPSA) is 12.0 Å². The van der Waals surface area contributed by atoms with Crippen molar-refractivity contribution < 1.29 is 4.39 Å². The van der Waals surface area contributed by atoms with Crippen LogP contribution in [0.2, 0.25) is 0 Å². The molecule has 0 aliphatic heterocycles. The molecule has 2 heteroatoms. The molecule has 1 fully saturated rings. The molecule has 1 nitrogen and oxygen atoms in total. The molecule has 0 heterocycles. The van der Waals surface area contributed by atoms with Gasteiger partial charge in [0, 0.05) is 6.04 Å². The first-order valence-electron chi connectivity index (χ1n) is 6.83. The average molecular weight is 249 g/mol. The van der Waals surface area contributed by atoms with E-state index in [4.69, 9.17) is 0 Å². The van der Waals surface area contributed by atoms with E-state index in [1.54, 1.807) is 12.1 Å². The SMILES string of the molecule is Cc1cc(F)ccc1C1C(CNC(C)C)C1(C)C. The van der Waals surface area contributed by atoms with Crippen molar-refractivity contribution in [1.29, 1.82) is 0 Å². The van der Waals surface area contributed by atoms with Crippen molar-refractivity contribution in [3.8, 4) is 0 Å². The molecule has 2 rings (SSSR count). The van der Waals surface area contributed by atoms with Crippen molar-refractivity contribution in [1.82, 2.24) is 5.32 Å². The van der Waals surface area contributed by atoms with Gasteiger partial charge >= 0.3 is 0 Å². The van der Waals surface area contributed by atoms with Crippen LogP contribution in [0.15, 0.2) is 18.2 Å². The summed E-state index contributed by atoms with van der Waals surface area (Å²) in [5.74, 6) is 1.08. The molecule has 0 bridgehead atoms. The molecule has 0 amide bonds. The van der Waals surface area contributed by atoms with Gasteiger partial charge in [0.1, 0.15) is 5.82 Å². The standard InChI is InChI=1S/C16H24FN/c1-10(2)18-9-14-15(16(14,4)5)13-7-6-12(17)8-11(13)3/h6-8,10,14-15,18H,9H2,1-5H3. The Morgan fingerprint density at radius 1 is 1.33 bits per heavy atom. The van der Waals surface area contributed by atoms with E-state index in [0.717, 1.165) is 12.1 Å². The molecule has 1 N–H and O–H groups in total. The van der Waals surface area contributed by atoms with E-state index >= 15 is 0 Å². The summed E-state index contributed by atoms with van der Waals surface area (Å²) in [6.07, 6.45) is 0. The van der Waals surface area contributed by atoms with Crippen LogP contribution in [0.4, 0.5) is 4.39 Å². The monoisotopic (exact) mass is 249 g/mol. The molecule has 0 spiro atoms. The van der Waals surface area contributed by atoms with Crippen LogP contribution in [0, 0.1) is 24.1 Å². The van der Waals surface area contributed by atoms with E-state index < -0.39 is 0 Å². The lowest BCUT2D eigenvalue weighted by Crippen LogP contribution is -2.26. The Hall–Kier alpha value is -0.890. The van der Waals surface area contributed by atoms with Gasteiger partial charge in [0.2, 0.25) is 0 Å². The highest BCUT2D eigenvalue weighted by Gasteiger charge is 2.57. The van der Waals surface area contributed by atoms with Crippen LogP contribution in [0.1, 0.15) is 44.7 Å². The summed E-state index contributed by atoms with van der Waals surface area (Å²) < 4.78 is 13.2. The fourth-order valence-electron chi connectivity index (χ4n) is 3.09. The zero-order chi connectivity index (χ0) is 13.5. The van der Waals surface area contributed by atoms with Gasteiger partial charge in [-0.05, 0) is 54.0 Å². The largest absolute Gasteiger partial charge is 0.314 e. The van der Waals surface area contributed by atoms with Crippen LogP contribution < -0.4 is 5.32 Å². The highest BCUT2D eigenvalue weighted by molar-refractivity contribution is 5.38. The maximum absolute atomic E-state index is 13.2. The maximum atomic E-state index is 13.2. The van der Waals surface area contributed by atoms with Gasteiger partial charge in [0.25, 0.3) is 0 Å². The molecule has 2 unspecified atom stereocenters. The average Bonchev–Trinajstić information content (AvgIpc) is 2.77. The van der Waals surface area contributed by atoms with Crippen molar-refractivity contribution in [2.45, 2.75) is 46.6 Å². The number of halogens is 1. The van der Waals surface area contributed by atoms with Gasteiger partial charge in [-0.3, -0.25) is 0 Å². The Labute approximate surface area is 110 Å². The minimum Gasteiger partial charge on any atom is -0.314 e. The Morgan fingerprint density at radius 3 is 2.56 bits per heavy atom. The van der Waals surface area contributed by atoms with Crippen LogP contribution in [0.25, 0.3) is 0 Å². The van der Waals surface area contributed by atoms with Gasteiger partial charge in [-0.1, -0.05) is 33.8 Å². The molecule has 18 heavy (non-hydrogen) atoms. The number of benzene rings is 1. The van der Waals surface area contributed by atoms with Gasteiger partial charge in [0.15, 0.2) is 0 Å². The van der Waals surface area contributed by atoms with E-state index in [9.17, 15) is 4.39 Å². The number of rotatable bonds is 4. The molecular formula is C16H24FN. The smallest absolute Gasteiger partial charge is 0.123 e. The zero-order valence-electron chi connectivity index (χ0n) is 12.0. The predicted molar refractivity (Wildman–Crippen MR) is 74.3 cm³/mol. The van der Waals surface area contributed by atoms with Crippen LogP contribution in [0.3, 0.4) is 0 Å². The van der Waals surface area contributed by atoms with Crippen LogP contribution in [0.5, 0.6) is 0 Å². The number of hydrogen-bond acceptors (Lipinski definition) is 1. The van der Waals surface area contributed by atoms with Gasteiger partial charge in [-0.25, -0.2) is 4.39 Å². The van der Waals surface area contributed by atoms with Crippen molar-refractivity contribution in [3.05, 3.63) is 35.1 Å². The summed E-state index contributed by atoms with van der Waals surface area (Å²) in [5.41, 5.74) is 2.72. The third-order valence-electron chi connectivity index (χ3n) is 4.36. The predicted octanol–water partition coefficient (Wildman–Crippen LogP) is 3.87. The lowest BCUT2D eigenvalue weighted by Gasteiger charge is -2.08. The van der Waals surface area contributed by atoms with E-state index in [0.29, 0.717) is 23.3 Å². The molecule has 0 saturated heterocycles.